The topological polar surface area (TPSA) is 39.7 Å². The second-order valence-corrected chi connectivity index (χ2v) is 5.04. The molecule has 21 heavy (non-hydrogen) atoms. The van der Waals surface area contributed by atoms with Gasteiger partial charge < -0.3 is 19.5 Å². The molecule has 1 atom stereocenters. The van der Waals surface area contributed by atoms with Gasteiger partial charge in [-0.3, -0.25) is 0 Å². The lowest BCUT2D eigenvalue weighted by Crippen LogP contribution is -2.44. The summed E-state index contributed by atoms with van der Waals surface area (Å²) in [5.41, 5.74) is 1.04. The molecule has 0 aromatic heterocycles. The van der Waals surface area contributed by atoms with E-state index in [0.29, 0.717) is 18.2 Å². The van der Waals surface area contributed by atoms with Gasteiger partial charge in [-0.25, -0.2) is 0 Å². The van der Waals surface area contributed by atoms with E-state index in [4.69, 9.17) is 25.8 Å². The van der Waals surface area contributed by atoms with Crippen molar-refractivity contribution in [3.63, 3.8) is 0 Å². The normalized spacial score (nSPS) is 12.7. The van der Waals surface area contributed by atoms with Crippen molar-refractivity contribution in [2.24, 2.45) is 0 Å². The van der Waals surface area contributed by atoms with Gasteiger partial charge in [-0.2, -0.15) is 0 Å². The van der Waals surface area contributed by atoms with E-state index in [0.717, 1.165) is 24.3 Å². The van der Waals surface area contributed by atoms with E-state index in [-0.39, 0.29) is 12.3 Å². The number of nitrogens with one attached hydrogen (secondary N) is 1. The molecule has 0 aliphatic carbocycles. The van der Waals surface area contributed by atoms with Crippen molar-refractivity contribution in [3.8, 4) is 5.75 Å². The maximum Gasteiger partial charge on any atom is 0.172 e. The van der Waals surface area contributed by atoms with Gasteiger partial charge in [-0.1, -0.05) is 18.5 Å². The van der Waals surface area contributed by atoms with Crippen LogP contribution in [-0.2, 0) is 15.9 Å². The summed E-state index contributed by atoms with van der Waals surface area (Å²) >= 11 is 6.10. The molecule has 4 nitrogen and oxygen atoms in total. The van der Waals surface area contributed by atoms with Crippen molar-refractivity contribution >= 4 is 11.6 Å². The molecule has 0 heterocycles. The number of benzene rings is 1. The molecule has 0 aliphatic rings. The highest BCUT2D eigenvalue weighted by Crippen LogP contribution is 2.25. The number of ether oxygens (including phenoxy) is 3. The Bertz CT molecular complexity index is 409. The first-order valence-electron chi connectivity index (χ1n) is 7.45. The van der Waals surface area contributed by atoms with Gasteiger partial charge in [0.25, 0.3) is 0 Å². The SMILES string of the molecule is CCNC(Cc1cc(Cl)ccc1OC)C(OCC)OCC. The first kappa shape index (κ1) is 18.2. The van der Waals surface area contributed by atoms with Gasteiger partial charge in [0.1, 0.15) is 5.75 Å². The van der Waals surface area contributed by atoms with Crippen LogP contribution in [0.25, 0.3) is 0 Å². The monoisotopic (exact) mass is 315 g/mol. The molecule has 0 saturated carbocycles. The minimum atomic E-state index is -0.288. The van der Waals surface area contributed by atoms with E-state index in [1.54, 1.807) is 7.11 Å². The Morgan fingerprint density at radius 3 is 2.33 bits per heavy atom. The molecule has 0 aliphatic heterocycles. The lowest BCUT2D eigenvalue weighted by Gasteiger charge is -2.28. The van der Waals surface area contributed by atoms with Crippen molar-refractivity contribution in [1.29, 1.82) is 0 Å². The first-order chi connectivity index (χ1) is 10.2. The van der Waals surface area contributed by atoms with Gasteiger partial charge >= 0.3 is 0 Å². The predicted molar refractivity (Wildman–Crippen MR) is 86.2 cm³/mol. The van der Waals surface area contributed by atoms with Crippen molar-refractivity contribution in [3.05, 3.63) is 28.8 Å². The summed E-state index contributed by atoms with van der Waals surface area (Å²) in [5, 5.41) is 4.12. The molecule has 5 heteroatoms. The molecule has 120 valence electrons. The molecule has 0 bridgehead atoms. The summed E-state index contributed by atoms with van der Waals surface area (Å²) in [7, 11) is 1.66. The maximum atomic E-state index is 6.10. The zero-order valence-corrected chi connectivity index (χ0v) is 14.1. The van der Waals surface area contributed by atoms with Crippen LogP contribution in [0.3, 0.4) is 0 Å². The van der Waals surface area contributed by atoms with Crippen LogP contribution >= 0.6 is 11.6 Å². The van der Waals surface area contributed by atoms with Crippen LogP contribution in [0.15, 0.2) is 18.2 Å². The zero-order valence-electron chi connectivity index (χ0n) is 13.3. The Morgan fingerprint density at radius 2 is 1.81 bits per heavy atom. The van der Waals surface area contributed by atoms with Crippen molar-refractivity contribution in [2.75, 3.05) is 26.9 Å². The molecule has 1 aromatic carbocycles. The van der Waals surface area contributed by atoms with Gasteiger partial charge in [0.2, 0.25) is 0 Å². The average molecular weight is 316 g/mol. The Kier molecular flexibility index (Phi) is 8.69. The molecule has 1 aromatic rings. The van der Waals surface area contributed by atoms with Crippen molar-refractivity contribution in [1.82, 2.24) is 5.32 Å². The minimum absolute atomic E-state index is 0.0438. The molecule has 1 unspecified atom stereocenters. The van der Waals surface area contributed by atoms with Crippen LogP contribution in [0.4, 0.5) is 0 Å². The lowest BCUT2D eigenvalue weighted by atomic mass is 10.0. The Labute approximate surface area is 132 Å². The number of hydrogen-bond acceptors (Lipinski definition) is 4. The third-order valence-corrected chi connectivity index (χ3v) is 3.37. The van der Waals surface area contributed by atoms with Crippen LogP contribution in [0, 0.1) is 0 Å². The van der Waals surface area contributed by atoms with E-state index in [1.807, 2.05) is 32.0 Å². The summed E-state index contributed by atoms with van der Waals surface area (Å²) in [6, 6.07) is 5.69. The summed E-state index contributed by atoms with van der Waals surface area (Å²) in [4.78, 5) is 0. The van der Waals surface area contributed by atoms with Crippen LogP contribution in [0.5, 0.6) is 5.75 Å². The summed E-state index contributed by atoms with van der Waals surface area (Å²) < 4.78 is 16.8. The number of rotatable bonds is 10. The Balaban J connectivity index is 2.92. The van der Waals surface area contributed by atoms with E-state index < -0.39 is 0 Å². The highest BCUT2D eigenvalue weighted by molar-refractivity contribution is 6.30. The Morgan fingerprint density at radius 1 is 1.14 bits per heavy atom. The standard InChI is InChI=1S/C16H26ClNO3/c1-5-18-14(16(20-6-2)21-7-3)11-12-10-13(17)8-9-15(12)19-4/h8-10,14,16,18H,5-7,11H2,1-4H3. The second-order valence-electron chi connectivity index (χ2n) is 4.60. The van der Waals surface area contributed by atoms with E-state index in [9.17, 15) is 0 Å². The Hall–Kier alpha value is -0.810. The third kappa shape index (κ3) is 5.83. The molecule has 0 radical (unpaired) electrons. The molecule has 0 fully saturated rings. The number of methoxy groups -OCH3 is 1. The molecular weight excluding hydrogens is 290 g/mol. The molecule has 0 spiro atoms. The van der Waals surface area contributed by atoms with E-state index in [1.165, 1.54) is 0 Å². The lowest BCUT2D eigenvalue weighted by molar-refractivity contribution is -0.153. The zero-order chi connectivity index (χ0) is 15.7. The fraction of sp³-hybridized carbons (Fsp3) is 0.625. The van der Waals surface area contributed by atoms with Crippen LogP contribution in [-0.4, -0.2) is 39.2 Å². The van der Waals surface area contributed by atoms with Gasteiger partial charge in [0, 0.05) is 18.2 Å². The largest absolute Gasteiger partial charge is 0.496 e. The predicted octanol–water partition coefficient (Wildman–Crippen LogP) is 3.27. The second kappa shape index (κ2) is 10.0. The number of hydrogen-bond donors (Lipinski definition) is 1. The fourth-order valence-electron chi connectivity index (χ4n) is 2.28. The van der Waals surface area contributed by atoms with Crippen LogP contribution in [0.1, 0.15) is 26.3 Å². The van der Waals surface area contributed by atoms with Crippen molar-refractivity contribution in [2.45, 2.75) is 39.5 Å². The quantitative estimate of drug-likeness (QED) is 0.673. The highest BCUT2D eigenvalue weighted by Gasteiger charge is 2.23. The average Bonchev–Trinajstić information content (AvgIpc) is 2.47. The first-order valence-corrected chi connectivity index (χ1v) is 7.82. The molecule has 1 rings (SSSR count). The molecule has 0 saturated heterocycles. The summed E-state index contributed by atoms with van der Waals surface area (Å²) in [6.07, 6.45) is 0.436. The fourth-order valence-corrected chi connectivity index (χ4v) is 2.47. The van der Waals surface area contributed by atoms with Gasteiger partial charge in [0.05, 0.1) is 13.2 Å². The minimum Gasteiger partial charge on any atom is -0.496 e. The van der Waals surface area contributed by atoms with E-state index in [2.05, 4.69) is 12.2 Å². The van der Waals surface area contributed by atoms with Crippen LogP contribution in [0.2, 0.25) is 5.02 Å². The number of likely N-dealkylation sites (N-methyl/N-ethyl adjacent to an activating group) is 1. The summed E-state index contributed by atoms with van der Waals surface area (Å²) in [5.74, 6) is 0.828. The molecule has 1 N–H and O–H groups in total. The smallest absolute Gasteiger partial charge is 0.172 e. The molecule has 0 amide bonds. The van der Waals surface area contributed by atoms with Gasteiger partial charge in [0.15, 0.2) is 6.29 Å². The van der Waals surface area contributed by atoms with Crippen molar-refractivity contribution < 1.29 is 14.2 Å². The van der Waals surface area contributed by atoms with Gasteiger partial charge in [-0.05, 0) is 50.6 Å². The van der Waals surface area contributed by atoms with E-state index >= 15 is 0 Å². The van der Waals surface area contributed by atoms with Crippen LogP contribution < -0.4 is 10.1 Å². The third-order valence-electron chi connectivity index (χ3n) is 3.14. The highest BCUT2D eigenvalue weighted by atomic mass is 35.5. The summed E-state index contributed by atoms with van der Waals surface area (Å²) in [6.45, 7) is 8.06. The molecular formula is C16H26ClNO3. The maximum absolute atomic E-state index is 6.10. The van der Waals surface area contributed by atoms with Gasteiger partial charge in [-0.15, -0.1) is 0 Å². The number of halogens is 1.